The van der Waals surface area contributed by atoms with Gasteiger partial charge in [-0.1, -0.05) is 24.3 Å². The Labute approximate surface area is 187 Å². The largest absolute Gasteiger partial charge is 0.378 e. The summed E-state index contributed by atoms with van der Waals surface area (Å²) in [5.41, 5.74) is 2.52. The van der Waals surface area contributed by atoms with Crippen molar-refractivity contribution in [2.75, 3.05) is 31.6 Å². The Hall–Kier alpha value is -3.56. The number of fused-ring (bicyclic) bond motifs is 1. The maximum Gasteiger partial charge on any atom is 0.271 e. The lowest BCUT2D eigenvalue weighted by Crippen LogP contribution is -2.41. The van der Waals surface area contributed by atoms with Crippen molar-refractivity contribution < 1.29 is 18.7 Å². The zero-order valence-corrected chi connectivity index (χ0v) is 17.8. The van der Waals surface area contributed by atoms with E-state index in [1.165, 1.54) is 29.5 Å². The predicted molar refractivity (Wildman–Crippen MR) is 120 cm³/mol. The van der Waals surface area contributed by atoms with Gasteiger partial charge in [0.2, 0.25) is 0 Å². The van der Waals surface area contributed by atoms with Gasteiger partial charge in [0.1, 0.15) is 11.5 Å². The third-order valence-corrected chi connectivity index (χ3v) is 6.10. The van der Waals surface area contributed by atoms with Crippen LogP contribution in [0.3, 0.4) is 0 Å². The Morgan fingerprint density at radius 3 is 2.72 bits per heavy atom. The molecule has 1 saturated heterocycles. The Bertz CT molecular complexity index is 1310. The van der Waals surface area contributed by atoms with Gasteiger partial charge < -0.3 is 15.0 Å². The molecule has 1 aliphatic heterocycles. The molecule has 0 spiro atoms. The number of carbonyl (C=O) groups is 2. The van der Waals surface area contributed by atoms with Gasteiger partial charge in [0.25, 0.3) is 11.8 Å². The molecule has 1 aliphatic rings. The lowest BCUT2D eigenvalue weighted by atomic mass is 10.1. The molecular formula is C23H19FN4O3S. The van der Waals surface area contributed by atoms with E-state index in [0.717, 1.165) is 5.56 Å². The summed E-state index contributed by atoms with van der Waals surface area (Å²) in [6.07, 6.45) is 1.82. The lowest BCUT2D eigenvalue weighted by Gasteiger charge is -2.26. The van der Waals surface area contributed by atoms with Gasteiger partial charge in [0.15, 0.2) is 4.96 Å². The molecule has 2 aromatic heterocycles. The van der Waals surface area contributed by atoms with Gasteiger partial charge in [-0.15, -0.1) is 11.3 Å². The van der Waals surface area contributed by atoms with Crippen molar-refractivity contribution in [1.29, 1.82) is 0 Å². The van der Waals surface area contributed by atoms with Crippen LogP contribution in [0.15, 0.2) is 60.1 Å². The second-order valence-corrected chi connectivity index (χ2v) is 8.16. The fraction of sp³-hybridized carbons (Fsp3) is 0.174. The van der Waals surface area contributed by atoms with Crippen LogP contribution in [-0.4, -0.2) is 52.4 Å². The van der Waals surface area contributed by atoms with Crippen molar-refractivity contribution in [3.05, 3.63) is 77.2 Å². The summed E-state index contributed by atoms with van der Waals surface area (Å²) in [5, 5.41) is 4.54. The topological polar surface area (TPSA) is 75.9 Å². The van der Waals surface area contributed by atoms with Crippen LogP contribution in [0.5, 0.6) is 0 Å². The molecule has 2 aromatic carbocycles. The minimum atomic E-state index is -0.576. The number of anilines is 1. The van der Waals surface area contributed by atoms with E-state index in [1.54, 1.807) is 33.6 Å². The highest BCUT2D eigenvalue weighted by Gasteiger charge is 2.22. The Balaban J connectivity index is 1.40. The van der Waals surface area contributed by atoms with Crippen molar-refractivity contribution in [2.45, 2.75) is 0 Å². The molecule has 2 amide bonds. The predicted octanol–water partition coefficient (Wildman–Crippen LogP) is 3.93. The average Bonchev–Trinajstić information content (AvgIpc) is 3.41. The fourth-order valence-corrected chi connectivity index (χ4v) is 4.45. The summed E-state index contributed by atoms with van der Waals surface area (Å²) >= 11 is 1.40. The maximum absolute atomic E-state index is 13.9. The maximum atomic E-state index is 13.9. The summed E-state index contributed by atoms with van der Waals surface area (Å²) in [5.74, 6) is -1.15. The molecule has 32 heavy (non-hydrogen) atoms. The van der Waals surface area contributed by atoms with E-state index >= 15 is 0 Å². The second-order valence-electron chi connectivity index (χ2n) is 7.32. The number of halogens is 1. The standard InChI is InChI=1S/C23H19FN4O3S/c24-18-7-2-1-6-17(18)21(29)25-16-5-3-4-15(12-16)19-13-28-20(14-32-23(28)26-19)22(30)27-8-10-31-11-9-27/h1-7,12-14H,8-11H2,(H,25,29). The number of carbonyl (C=O) groups excluding carboxylic acids is 2. The van der Waals surface area contributed by atoms with E-state index < -0.39 is 11.7 Å². The number of amides is 2. The van der Waals surface area contributed by atoms with E-state index in [4.69, 9.17) is 4.74 Å². The van der Waals surface area contributed by atoms with Gasteiger partial charge in [-0.25, -0.2) is 9.37 Å². The smallest absolute Gasteiger partial charge is 0.271 e. The Morgan fingerprint density at radius 2 is 1.91 bits per heavy atom. The Morgan fingerprint density at radius 1 is 1.09 bits per heavy atom. The van der Waals surface area contributed by atoms with E-state index in [-0.39, 0.29) is 11.5 Å². The van der Waals surface area contributed by atoms with E-state index in [9.17, 15) is 14.0 Å². The van der Waals surface area contributed by atoms with Crippen LogP contribution in [0.1, 0.15) is 20.8 Å². The van der Waals surface area contributed by atoms with Crippen molar-refractivity contribution >= 4 is 33.8 Å². The van der Waals surface area contributed by atoms with Gasteiger partial charge in [-0.05, 0) is 24.3 Å². The highest BCUT2D eigenvalue weighted by Crippen LogP contribution is 2.26. The summed E-state index contributed by atoms with van der Waals surface area (Å²) in [6.45, 7) is 2.22. The molecule has 0 radical (unpaired) electrons. The van der Waals surface area contributed by atoms with Crippen molar-refractivity contribution in [3.63, 3.8) is 0 Å². The molecule has 0 aliphatic carbocycles. The van der Waals surface area contributed by atoms with Gasteiger partial charge in [-0.2, -0.15) is 0 Å². The van der Waals surface area contributed by atoms with Gasteiger partial charge >= 0.3 is 0 Å². The molecule has 4 aromatic rings. The minimum Gasteiger partial charge on any atom is -0.378 e. The molecule has 162 valence electrons. The molecular weight excluding hydrogens is 431 g/mol. The molecule has 1 N–H and O–H groups in total. The molecule has 1 fully saturated rings. The number of benzene rings is 2. The van der Waals surface area contributed by atoms with E-state index in [2.05, 4.69) is 10.3 Å². The first kappa shape index (κ1) is 20.3. The highest BCUT2D eigenvalue weighted by atomic mass is 32.1. The number of imidazole rings is 1. The van der Waals surface area contributed by atoms with Crippen LogP contribution in [0, 0.1) is 5.82 Å². The van der Waals surface area contributed by atoms with Crippen molar-refractivity contribution in [3.8, 4) is 11.3 Å². The van der Waals surface area contributed by atoms with Crippen molar-refractivity contribution in [2.24, 2.45) is 0 Å². The zero-order chi connectivity index (χ0) is 22.1. The van der Waals surface area contributed by atoms with Crippen LogP contribution in [0.4, 0.5) is 10.1 Å². The van der Waals surface area contributed by atoms with Crippen LogP contribution >= 0.6 is 11.3 Å². The summed E-state index contributed by atoms with van der Waals surface area (Å²) in [7, 11) is 0. The number of ether oxygens (including phenoxy) is 1. The van der Waals surface area contributed by atoms with Gasteiger partial charge in [-0.3, -0.25) is 14.0 Å². The first-order chi connectivity index (χ1) is 15.6. The van der Waals surface area contributed by atoms with Gasteiger partial charge in [0.05, 0.1) is 24.5 Å². The number of rotatable bonds is 4. The normalized spacial score (nSPS) is 14.0. The third kappa shape index (κ3) is 3.88. The van der Waals surface area contributed by atoms with Gasteiger partial charge in [0, 0.05) is 35.9 Å². The van der Waals surface area contributed by atoms with Crippen LogP contribution in [0.2, 0.25) is 0 Å². The third-order valence-electron chi connectivity index (χ3n) is 5.26. The van der Waals surface area contributed by atoms with Crippen LogP contribution in [0.25, 0.3) is 16.2 Å². The van der Waals surface area contributed by atoms with E-state index in [0.29, 0.717) is 48.3 Å². The number of thiazole rings is 1. The van der Waals surface area contributed by atoms with Crippen LogP contribution in [-0.2, 0) is 4.74 Å². The molecule has 7 nitrogen and oxygen atoms in total. The first-order valence-electron chi connectivity index (χ1n) is 10.1. The Kier molecular flexibility index (Phi) is 5.42. The minimum absolute atomic E-state index is 0.0216. The summed E-state index contributed by atoms with van der Waals surface area (Å²) in [4.78, 5) is 32.5. The summed E-state index contributed by atoms with van der Waals surface area (Å²) < 4.78 is 21.0. The highest BCUT2D eigenvalue weighted by molar-refractivity contribution is 7.15. The zero-order valence-electron chi connectivity index (χ0n) is 17.0. The second kappa shape index (κ2) is 8.52. The number of hydrogen-bond acceptors (Lipinski definition) is 5. The molecule has 3 heterocycles. The van der Waals surface area contributed by atoms with E-state index in [1.807, 2.05) is 17.6 Å². The molecule has 0 saturated carbocycles. The number of morpholine rings is 1. The van der Waals surface area contributed by atoms with Crippen molar-refractivity contribution in [1.82, 2.24) is 14.3 Å². The first-order valence-corrected chi connectivity index (χ1v) is 11.0. The lowest BCUT2D eigenvalue weighted by molar-refractivity contribution is 0.0298. The quantitative estimate of drug-likeness (QED) is 0.511. The number of nitrogens with one attached hydrogen (secondary N) is 1. The fourth-order valence-electron chi connectivity index (χ4n) is 3.61. The number of hydrogen-bond donors (Lipinski definition) is 1. The molecule has 0 unspecified atom stereocenters. The number of aromatic nitrogens is 2. The number of nitrogens with zero attached hydrogens (tertiary/aromatic N) is 3. The average molecular weight is 450 g/mol. The monoisotopic (exact) mass is 450 g/mol. The molecule has 0 atom stereocenters. The molecule has 9 heteroatoms. The SMILES string of the molecule is O=C(Nc1cccc(-c2cn3c(C(=O)N4CCOCC4)csc3n2)c1)c1ccccc1F. The van der Waals surface area contributed by atoms with Crippen LogP contribution < -0.4 is 5.32 Å². The molecule has 0 bridgehead atoms. The molecule has 5 rings (SSSR count). The summed E-state index contributed by atoms with van der Waals surface area (Å²) in [6, 6.07) is 13.0.